The van der Waals surface area contributed by atoms with Gasteiger partial charge in [0.15, 0.2) is 5.82 Å². The second-order valence-electron chi connectivity index (χ2n) is 8.58. The minimum atomic E-state index is -0.558. The summed E-state index contributed by atoms with van der Waals surface area (Å²) in [5, 5.41) is 4.08. The number of ether oxygens (including phenoxy) is 1. The molecule has 1 aromatic rings. The van der Waals surface area contributed by atoms with E-state index in [2.05, 4.69) is 30.9 Å². The number of esters is 1. The number of carbonyl (C=O) groups excluding carboxylic acids is 1. The maximum atomic E-state index is 11.8. The maximum absolute atomic E-state index is 11.8. The number of rotatable bonds is 4. The van der Waals surface area contributed by atoms with Crippen molar-refractivity contribution in [1.29, 1.82) is 0 Å². The first kappa shape index (κ1) is 17.9. The van der Waals surface area contributed by atoms with Crippen LogP contribution in [0, 0.1) is 11.3 Å². The molecule has 6 heteroatoms. The van der Waals surface area contributed by atoms with Gasteiger partial charge in [0.2, 0.25) is 5.89 Å². The van der Waals surface area contributed by atoms with Gasteiger partial charge in [0.25, 0.3) is 0 Å². The molecular formula is C17H29N3O3. The van der Waals surface area contributed by atoms with Crippen LogP contribution in [0.15, 0.2) is 4.52 Å². The molecule has 0 aliphatic heterocycles. The first-order chi connectivity index (χ1) is 10.4. The van der Waals surface area contributed by atoms with Crippen LogP contribution in [0.4, 0.5) is 0 Å². The van der Waals surface area contributed by atoms with Crippen LogP contribution in [0.2, 0.25) is 0 Å². The number of nitrogens with two attached hydrogens (primary N) is 1. The molecule has 0 bridgehead atoms. The highest BCUT2D eigenvalue weighted by Crippen LogP contribution is 2.50. The van der Waals surface area contributed by atoms with Gasteiger partial charge in [0.05, 0.1) is 12.0 Å². The Bertz CT molecular complexity index is 574. The molecule has 0 aromatic carbocycles. The predicted molar refractivity (Wildman–Crippen MR) is 86.5 cm³/mol. The van der Waals surface area contributed by atoms with Gasteiger partial charge in [0.1, 0.15) is 5.60 Å². The number of hydrogen-bond acceptors (Lipinski definition) is 6. The molecule has 2 unspecified atom stereocenters. The predicted octanol–water partition coefficient (Wildman–Crippen LogP) is 2.95. The lowest BCUT2D eigenvalue weighted by molar-refractivity contribution is -0.154. The van der Waals surface area contributed by atoms with Crippen molar-refractivity contribution < 1.29 is 14.1 Å². The van der Waals surface area contributed by atoms with E-state index in [9.17, 15) is 4.79 Å². The van der Waals surface area contributed by atoms with Crippen LogP contribution >= 0.6 is 0 Å². The second-order valence-corrected chi connectivity index (χ2v) is 8.58. The SMILES string of the molecule is CC1CC(C)(C)CC1(N)c1noc(CCC(=O)OC(C)(C)C)n1. The van der Waals surface area contributed by atoms with E-state index in [1.165, 1.54) is 0 Å². The number of nitrogens with zero attached hydrogens (tertiary/aromatic N) is 2. The average Bonchev–Trinajstić information content (AvgIpc) is 2.89. The van der Waals surface area contributed by atoms with E-state index >= 15 is 0 Å². The molecule has 2 atom stereocenters. The fourth-order valence-corrected chi connectivity index (χ4v) is 3.50. The summed E-state index contributed by atoms with van der Waals surface area (Å²) in [6.45, 7) is 12.1. The summed E-state index contributed by atoms with van der Waals surface area (Å²) in [6.07, 6.45) is 2.45. The fraction of sp³-hybridized carbons (Fsp3) is 0.824. The Morgan fingerprint density at radius 1 is 1.43 bits per heavy atom. The van der Waals surface area contributed by atoms with E-state index in [0.717, 1.165) is 12.8 Å². The van der Waals surface area contributed by atoms with E-state index in [1.807, 2.05) is 20.8 Å². The fourth-order valence-electron chi connectivity index (χ4n) is 3.50. The van der Waals surface area contributed by atoms with Crippen molar-refractivity contribution in [2.24, 2.45) is 17.1 Å². The zero-order valence-electron chi connectivity index (χ0n) is 15.1. The van der Waals surface area contributed by atoms with Crippen LogP contribution in [0.1, 0.15) is 72.5 Å². The Hall–Kier alpha value is -1.43. The molecule has 1 aliphatic rings. The topological polar surface area (TPSA) is 91.2 Å². The Morgan fingerprint density at radius 2 is 2.09 bits per heavy atom. The van der Waals surface area contributed by atoms with Gasteiger partial charge in [0, 0.05) is 6.42 Å². The summed E-state index contributed by atoms with van der Waals surface area (Å²) in [6, 6.07) is 0. The average molecular weight is 323 g/mol. The molecule has 0 spiro atoms. The maximum Gasteiger partial charge on any atom is 0.306 e. The molecule has 1 fully saturated rings. The lowest BCUT2D eigenvalue weighted by Crippen LogP contribution is -2.40. The summed E-state index contributed by atoms with van der Waals surface area (Å²) in [4.78, 5) is 16.2. The van der Waals surface area contributed by atoms with E-state index in [0.29, 0.717) is 18.1 Å². The normalized spacial score (nSPS) is 27.2. The van der Waals surface area contributed by atoms with Crippen molar-refractivity contribution in [2.45, 2.75) is 78.4 Å². The molecule has 0 saturated heterocycles. The van der Waals surface area contributed by atoms with Gasteiger partial charge in [-0.3, -0.25) is 4.79 Å². The Balaban J connectivity index is 2.00. The minimum absolute atomic E-state index is 0.172. The van der Waals surface area contributed by atoms with E-state index in [4.69, 9.17) is 15.0 Å². The van der Waals surface area contributed by atoms with Crippen LogP contribution in [-0.2, 0) is 21.5 Å². The minimum Gasteiger partial charge on any atom is -0.460 e. The molecular weight excluding hydrogens is 294 g/mol. The van der Waals surface area contributed by atoms with Gasteiger partial charge in [-0.1, -0.05) is 25.9 Å². The highest BCUT2D eigenvalue weighted by Gasteiger charge is 2.49. The van der Waals surface area contributed by atoms with Crippen LogP contribution in [0.3, 0.4) is 0 Å². The lowest BCUT2D eigenvalue weighted by Gasteiger charge is -2.25. The van der Waals surface area contributed by atoms with Crippen molar-refractivity contribution in [3.8, 4) is 0 Å². The van der Waals surface area contributed by atoms with E-state index in [-0.39, 0.29) is 23.7 Å². The molecule has 1 aromatic heterocycles. The molecule has 2 rings (SSSR count). The first-order valence-corrected chi connectivity index (χ1v) is 8.25. The lowest BCUT2D eigenvalue weighted by atomic mass is 9.86. The Labute approximate surface area is 138 Å². The molecule has 1 heterocycles. The third kappa shape index (κ3) is 4.31. The summed E-state index contributed by atoms with van der Waals surface area (Å²) >= 11 is 0. The van der Waals surface area contributed by atoms with E-state index < -0.39 is 11.1 Å². The number of carbonyl (C=O) groups is 1. The first-order valence-electron chi connectivity index (χ1n) is 8.25. The van der Waals surface area contributed by atoms with Crippen molar-refractivity contribution in [2.75, 3.05) is 0 Å². The molecule has 6 nitrogen and oxygen atoms in total. The molecule has 0 radical (unpaired) electrons. The summed E-state index contributed by atoms with van der Waals surface area (Å²) in [5.74, 6) is 1.01. The molecule has 2 N–H and O–H groups in total. The van der Waals surface area contributed by atoms with E-state index in [1.54, 1.807) is 0 Å². The smallest absolute Gasteiger partial charge is 0.306 e. The highest BCUT2D eigenvalue weighted by molar-refractivity contribution is 5.70. The molecule has 1 saturated carbocycles. The van der Waals surface area contributed by atoms with Crippen LogP contribution in [-0.4, -0.2) is 21.7 Å². The van der Waals surface area contributed by atoms with Gasteiger partial charge in [-0.2, -0.15) is 4.98 Å². The largest absolute Gasteiger partial charge is 0.460 e. The number of aryl methyl sites for hydroxylation is 1. The standard InChI is InChI=1S/C17H29N3O3/c1-11-9-16(5,6)10-17(11,18)14-19-12(23-20-14)7-8-13(21)22-15(2,3)4/h11H,7-10,18H2,1-6H3. The quantitative estimate of drug-likeness (QED) is 0.857. The Kier molecular flexibility index (Phi) is 4.59. The third-order valence-corrected chi connectivity index (χ3v) is 4.36. The molecule has 1 aliphatic carbocycles. The van der Waals surface area contributed by atoms with Gasteiger partial charge < -0.3 is 15.0 Å². The second kappa shape index (κ2) is 5.89. The summed E-state index contributed by atoms with van der Waals surface area (Å²) in [5.41, 5.74) is 5.71. The zero-order chi connectivity index (χ0) is 17.5. The van der Waals surface area contributed by atoms with Crippen molar-refractivity contribution in [3.05, 3.63) is 11.7 Å². The summed E-state index contributed by atoms with van der Waals surface area (Å²) < 4.78 is 10.6. The third-order valence-electron chi connectivity index (χ3n) is 4.36. The molecule has 23 heavy (non-hydrogen) atoms. The summed E-state index contributed by atoms with van der Waals surface area (Å²) in [7, 11) is 0. The van der Waals surface area contributed by atoms with Crippen molar-refractivity contribution >= 4 is 5.97 Å². The van der Waals surface area contributed by atoms with Crippen LogP contribution in [0.25, 0.3) is 0 Å². The highest BCUT2D eigenvalue weighted by atomic mass is 16.6. The number of hydrogen-bond donors (Lipinski definition) is 1. The number of aromatic nitrogens is 2. The van der Waals surface area contributed by atoms with Gasteiger partial charge in [-0.25, -0.2) is 0 Å². The zero-order valence-corrected chi connectivity index (χ0v) is 15.1. The van der Waals surface area contributed by atoms with Crippen LogP contribution < -0.4 is 5.73 Å². The van der Waals surface area contributed by atoms with Crippen molar-refractivity contribution in [1.82, 2.24) is 10.1 Å². The van der Waals surface area contributed by atoms with Gasteiger partial charge in [-0.05, 0) is 44.9 Å². The van der Waals surface area contributed by atoms with Gasteiger partial charge in [-0.15, -0.1) is 0 Å². The molecule has 0 amide bonds. The van der Waals surface area contributed by atoms with Crippen LogP contribution in [0.5, 0.6) is 0 Å². The molecule has 130 valence electrons. The van der Waals surface area contributed by atoms with Crippen molar-refractivity contribution in [3.63, 3.8) is 0 Å². The Morgan fingerprint density at radius 3 is 2.61 bits per heavy atom. The van der Waals surface area contributed by atoms with Gasteiger partial charge >= 0.3 is 5.97 Å². The monoisotopic (exact) mass is 323 g/mol.